The Balaban J connectivity index is 1.70. The standard InChI is InChI=1S/C19H16N4O3/c1-12-5-14(6-13(2)17(12)24)3-4-15-7-22-18(23-8-15)19(25)26-16-9-20-11-21-10-16/h3-11,24H,1-2H3/b4-3+. The fourth-order valence-electron chi connectivity index (χ4n) is 2.30. The fourth-order valence-corrected chi connectivity index (χ4v) is 2.30. The van der Waals surface area contributed by atoms with Gasteiger partial charge in [-0.1, -0.05) is 12.2 Å². The number of carbonyl (C=O) groups is 1. The first-order valence-corrected chi connectivity index (χ1v) is 7.80. The topological polar surface area (TPSA) is 98.1 Å². The van der Waals surface area contributed by atoms with Gasteiger partial charge in [0.25, 0.3) is 0 Å². The van der Waals surface area contributed by atoms with Crippen LogP contribution < -0.4 is 4.74 Å². The number of aryl methyl sites for hydroxylation is 2. The zero-order chi connectivity index (χ0) is 18.5. The van der Waals surface area contributed by atoms with Crippen molar-refractivity contribution in [2.75, 3.05) is 0 Å². The number of carbonyl (C=O) groups excluding carboxylic acids is 1. The lowest BCUT2D eigenvalue weighted by Crippen LogP contribution is -2.12. The second-order valence-electron chi connectivity index (χ2n) is 5.64. The van der Waals surface area contributed by atoms with Crippen LogP contribution >= 0.6 is 0 Å². The van der Waals surface area contributed by atoms with Gasteiger partial charge in [-0.3, -0.25) is 0 Å². The first-order chi connectivity index (χ1) is 12.5. The van der Waals surface area contributed by atoms with Crippen molar-refractivity contribution in [1.82, 2.24) is 19.9 Å². The summed E-state index contributed by atoms with van der Waals surface area (Å²) >= 11 is 0. The summed E-state index contributed by atoms with van der Waals surface area (Å²) in [7, 11) is 0. The molecule has 0 fully saturated rings. The first-order valence-electron chi connectivity index (χ1n) is 7.80. The summed E-state index contributed by atoms with van der Waals surface area (Å²) in [4.78, 5) is 27.5. The number of phenolic OH excluding ortho intramolecular Hbond substituents is 1. The smallest absolute Gasteiger partial charge is 0.381 e. The SMILES string of the molecule is Cc1cc(/C=C/c2cnc(C(=O)Oc3cncnc3)nc2)cc(C)c1O. The van der Waals surface area contributed by atoms with Crippen molar-refractivity contribution in [1.29, 1.82) is 0 Å². The van der Waals surface area contributed by atoms with E-state index in [9.17, 15) is 9.90 Å². The Morgan fingerprint density at radius 2 is 1.54 bits per heavy atom. The number of aromatic nitrogens is 4. The molecule has 26 heavy (non-hydrogen) atoms. The van der Waals surface area contributed by atoms with E-state index in [0.29, 0.717) is 5.75 Å². The van der Waals surface area contributed by atoms with Crippen molar-refractivity contribution in [3.8, 4) is 11.5 Å². The Hall–Kier alpha value is -3.61. The van der Waals surface area contributed by atoms with Crippen molar-refractivity contribution < 1.29 is 14.6 Å². The Labute approximate surface area is 150 Å². The summed E-state index contributed by atoms with van der Waals surface area (Å²) in [6, 6.07) is 3.76. The van der Waals surface area contributed by atoms with E-state index in [4.69, 9.17) is 4.74 Å². The fraction of sp³-hybridized carbons (Fsp3) is 0.105. The number of hydrogen-bond acceptors (Lipinski definition) is 7. The molecular weight excluding hydrogens is 332 g/mol. The van der Waals surface area contributed by atoms with Crippen LogP contribution in [0.3, 0.4) is 0 Å². The van der Waals surface area contributed by atoms with E-state index in [1.54, 1.807) is 0 Å². The van der Waals surface area contributed by atoms with E-state index in [1.807, 2.05) is 38.1 Å². The molecule has 0 unspecified atom stereocenters. The van der Waals surface area contributed by atoms with Gasteiger partial charge in [0.15, 0.2) is 5.75 Å². The Morgan fingerprint density at radius 1 is 0.962 bits per heavy atom. The number of benzene rings is 1. The van der Waals surface area contributed by atoms with Crippen LogP contribution in [0.25, 0.3) is 12.2 Å². The van der Waals surface area contributed by atoms with Gasteiger partial charge in [-0.25, -0.2) is 24.7 Å². The quantitative estimate of drug-likeness (QED) is 0.724. The van der Waals surface area contributed by atoms with Gasteiger partial charge in [0.1, 0.15) is 12.1 Å². The zero-order valence-electron chi connectivity index (χ0n) is 14.2. The maximum Gasteiger partial charge on any atom is 0.381 e. The Kier molecular flexibility index (Phi) is 4.98. The molecule has 0 aliphatic rings. The molecule has 1 aromatic carbocycles. The minimum absolute atomic E-state index is 0.0534. The van der Waals surface area contributed by atoms with E-state index < -0.39 is 5.97 Å². The summed E-state index contributed by atoms with van der Waals surface area (Å²) in [5, 5.41) is 9.81. The highest BCUT2D eigenvalue weighted by molar-refractivity contribution is 5.87. The molecule has 0 atom stereocenters. The summed E-state index contributed by atoms with van der Waals surface area (Å²) in [6.07, 6.45) is 10.9. The van der Waals surface area contributed by atoms with E-state index >= 15 is 0 Å². The second-order valence-corrected chi connectivity index (χ2v) is 5.64. The van der Waals surface area contributed by atoms with Crippen LogP contribution in [-0.2, 0) is 0 Å². The number of aromatic hydroxyl groups is 1. The molecule has 0 aliphatic heterocycles. The number of esters is 1. The number of nitrogens with zero attached hydrogens (tertiary/aromatic N) is 4. The van der Waals surface area contributed by atoms with Crippen LogP contribution in [-0.4, -0.2) is 31.0 Å². The van der Waals surface area contributed by atoms with Crippen LogP contribution in [0.15, 0.2) is 43.2 Å². The average Bonchev–Trinajstić information content (AvgIpc) is 2.65. The van der Waals surface area contributed by atoms with Gasteiger partial charge in [0.05, 0.1) is 12.4 Å². The van der Waals surface area contributed by atoms with Crippen molar-refractivity contribution in [3.05, 3.63) is 71.3 Å². The monoisotopic (exact) mass is 348 g/mol. The van der Waals surface area contributed by atoms with Crippen molar-refractivity contribution in [2.24, 2.45) is 0 Å². The predicted octanol–water partition coefficient (Wildman–Crippen LogP) is 2.98. The van der Waals surface area contributed by atoms with Gasteiger partial charge in [-0.2, -0.15) is 0 Å². The van der Waals surface area contributed by atoms with Crippen LogP contribution in [0.2, 0.25) is 0 Å². The molecule has 7 heteroatoms. The van der Waals surface area contributed by atoms with Crippen molar-refractivity contribution >= 4 is 18.1 Å². The van der Waals surface area contributed by atoms with Gasteiger partial charge in [0, 0.05) is 18.0 Å². The number of phenols is 1. The molecule has 2 heterocycles. The molecule has 3 aromatic rings. The molecule has 3 rings (SSSR count). The van der Waals surface area contributed by atoms with Crippen molar-refractivity contribution in [3.63, 3.8) is 0 Å². The maximum atomic E-state index is 12.0. The minimum Gasteiger partial charge on any atom is -0.507 e. The third kappa shape index (κ3) is 4.07. The van der Waals surface area contributed by atoms with Gasteiger partial charge in [-0.15, -0.1) is 0 Å². The molecule has 0 aliphatic carbocycles. The number of ether oxygens (including phenoxy) is 1. The van der Waals surface area contributed by atoms with E-state index in [2.05, 4.69) is 19.9 Å². The number of rotatable bonds is 4. The third-order valence-electron chi connectivity index (χ3n) is 3.58. The first kappa shape index (κ1) is 17.2. The second kappa shape index (κ2) is 7.52. The van der Waals surface area contributed by atoms with E-state index in [-0.39, 0.29) is 11.6 Å². The predicted molar refractivity (Wildman–Crippen MR) is 95.5 cm³/mol. The van der Waals surface area contributed by atoms with Gasteiger partial charge >= 0.3 is 5.97 Å². The van der Waals surface area contributed by atoms with Crippen LogP contribution in [0.5, 0.6) is 11.5 Å². The highest BCUT2D eigenvalue weighted by atomic mass is 16.5. The highest BCUT2D eigenvalue weighted by Gasteiger charge is 2.12. The third-order valence-corrected chi connectivity index (χ3v) is 3.58. The lowest BCUT2D eigenvalue weighted by atomic mass is 10.1. The van der Waals surface area contributed by atoms with E-state index in [1.165, 1.54) is 31.1 Å². The molecule has 0 bridgehead atoms. The summed E-state index contributed by atoms with van der Waals surface area (Å²) in [5.41, 5.74) is 3.30. The minimum atomic E-state index is -0.680. The number of hydrogen-bond donors (Lipinski definition) is 1. The molecule has 0 saturated carbocycles. The summed E-state index contributed by atoms with van der Waals surface area (Å²) in [6.45, 7) is 3.70. The van der Waals surface area contributed by atoms with Crippen LogP contribution in [0.1, 0.15) is 32.9 Å². The van der Waals surface area contributed by atoms with Crippen molar-refractivity contribution in [2.45, 2.75) is 13.8 Å². The molecule has 1 N–H and O–H groups in total. The molecule has 0 spiro atoms. The van der Waals surface area contributed by atoms with Crippen LogP contribution in [0, 0.1) is 13.8 Å². The van der Waals surface area contributed by atoms with Crippen LogP contribution in [0.4, 0.5) is 0 Å². The lowest BCUT2D eigenvalue weighted by molar-refractivity contribution is 0.0720. The molecule has 0 amide bonds. The molecule has 7 nitrogen and oxygen atoms in total. The molecule has 130 valence electrons. The molecular formula is C19H16N4O3. The van der Waals surface area contributed by atoms with Gasteiger partial charge < -0.3 is 9.84 Å². The maximum absolute atomic E-state index is 12.0. The van der Waals surface area contributed by atoms with Gasteiger partial charge in [-0.05, 0) is 42.7 Å². The van der Waals surface area contributed by atoms with E-state index in [0.717, 1.165) is 22.3 Å². The van der Waals surface area contributed by atoms with Gasteiger partial charge in [0.2, 0.25) is 5.82 Å². The average molecular weight is 348 g/mol. The molecule has 0 saturated heterocycles. The highest BCUT2D eigenvalue weighted by Crippen LogP contribution is 2.23. The lowest BCUT2D eigenvalue weighted by Gasteiger charge is -2.04. The Morgan fingerprint density at radius 3 is 2.15 bits per heavy atom. The summed E-state index contributed by atoms with van der Waals surface area (Å²) < 4.78 is 5.08. The largest absolute Gasteiger partial charge is 0.507 e. The molecule has 0 radical (unpaired) electrons. The normalized spacial score (nSPS) is 10.8. The zero-order valence-corrected chi connectivity index (χ0v) is 14.2. The Bertz CT molecular complexity index is 931. The molecule has 2 aromatic heterocycles. The summed E-state index contributed by atoms with van der Waals surface area (Å²) in [5.74, 6) is -0.206.